The zero-order valence-corrected chi connectivity index (χ0v) is 12.1. The topological polar surface area (TPSA) is 66.4 Å². The summed E-state index contributed by atoms with van der Waals surface area (Å²) in [6.45, 7) is 1.71. The Hall–Kier alpha value is -1.91. The Bertz CT molecular complexity index is 538. The van der Waals surface area contributed by atoms with Crippen molar-refractivity contribution in [1.82, 2.24) is 5.32 Å². The molecule has 5 heteroatoms. The van der Waals surface area contributed by atoms with Crippen LogP contribution in [0.1, 0.15) is 44.6 Å². The standard InChI is InChI=1S/C16H20FNO3/c1-2-13(14(19)20)18-15(21)16(8-3-4-9-16)11-6-5-7-12(17)10-11/h5-7,10,13H,2-4,8-9H2,1H3,(H,18,21)(H,19,20). The maximum Gasteiger partial charge on any atom is 0.326 e. The van der Waals surface area contributed by atoms with E-state index in [1.165, 1.54) is 12.1 Å². The van der Waals surface area contributed by atoms with Crippen LogP contribution >= 0.6 is 0 Å². The monoisotopic (exact) mass is 293 g/mol. The summed E-state index contributed by atoms with van der Waals surface area (Å²) in [5, 5.41) is 11.7. The number of aliphatic carboxylic acids is 1. The molecule has 1 amide bonds. The second-order valence-corrected chi connectivity index (χ2v) is 5.57. The lowest BCUT2D eigenvalue weighted by molar-refractivity contribution is -0.142. The van der Waals surface area contributed by atoms with Crippen molar-refractivity contribution in [2.75, 3.05) is 0 Å². The first kappa shape index (κ1) is 15.5. The molecule has 0 bridgehead atoms. The molecule has 1 aromatic carbocycles. The Labute approximate surface area is 123 Å². The number of nitrogens with one attached hydrogen (secondary N) is 1. The highest BCUT2D eigenvalue weighted by molar-refractivity contribution is 5.91. The molecule has 1 aliphatic carbocycles. The summed E-state index contributed by atoms with van der Waals surface area (Å²) in [5.74, 6) is -1.73. The van der Waals surface area contributed by atoms with Crippen molar-refractivity contribution in [3.8, 4) is 0 Å². The Morgan fingerprint density at radius 1 is 1.38 bits per heavy atom. The smallest absolute Gasteiger partial charge is 0.326 e. The molecule has 2 rings (SSSR count). The van der Waals surface area contributed by atoms with Gasteiger partial charge in [0.2, 0.25) is 5.91 Å². The summed E-state index contributed by atoms with van der Waals surface area (Å²) in [6.07, 6.45) is 3.33. The molecule has 0 spiro atoms. The molecule has 1 aromatic rings. The highest BCUT2D eigenvalue weighted by Gasteiger charge is 2.43. The lowest BCUT2D eigenvalue weighted by Crippen LogP contribution is -2.49. The van der Waals surface area contributed by atoms with Crippen LogP contribution in [-0.4, -0.2) is 23.0 Å². The van der Waals surface area contributed by atoms with E-state index in [4.69, 9.17) is 5.11 Å². The van der Waals surface area contributed by atoms with Gasteiger partial charge in [-0.15, -0.1) is 0 Å². The average molecular weight is 293 g/mol. The van der Waals surface area contributed by atoms with Crippen molar-refractivity contribution >= 4 is 11.9 Å². The first-order valence-corrected chi connectivity index (χ1v) is 7.29. The first-order chi connectivity index (χ1) is 9.99. The number of carboxylic acids is 1. The lowest BCUT2D eigenvalue weighted by Gasteiger charge is -2.29. The van der Waals surface area contributed by atoms with Gasteiger partial charge in [-0.25, -0.2) is 9.18 Å². The van der Waals surface area contributed by atoms with Crippen molar-refractivity contribution in [2.45, 2.75) is 50.5 Å². The van der Waals surface area contributed by atoms with Gasteiger partial charge in [0.15, 0.2) is 0 Å². The Morgan fingerprint density at radius 2 is 2.05 bits per heavy atom. The minimum absolute atomic E-state index is 0.306. The van der Waals surface area contributed by atoms with E-state index in [1.807, 2.05) is 0 Å². The molecular weight excluding hydrogens is 273 g/mol. The molecule has 114 valence electrons. The van der Waals surface area contributed by atoms with E-state index in [0.29, 0.717) is 24.8 Å². The number of halogens is 1. The van der Waals surface area contributed by atoms with E-state index < -0.39 is 17.4 Å². The number of hydrogen-bond donors (Lipinski definition) is 2. The Kier molecular flexibility index (Phi) is 4.60. The van der Waals surface area contributed by atoms with Crippen LogP contribution in [0.15, 0.2) is 24.3 Å². The van der Waals surface area contributed by atoms with E-state index in [2.05, 4.69) is 5.32 Å². The van der Waals surface area contributed by atoms with Crippen LogP contribution in [0.2, 0.25) is 0 Å². The van der Waals surface area contributed by atoms with Gasteiger partial charge in [0, 0.05) is 0 Å². The maximum absolute atomic E-state index is 13.5. The van der Waals surface area contributed by atoms with E-state index >= 15 is 0 Å². The van der Waals surface area contributed by atoms with Crippen molar-refractivity contribution < 1.29 is 19.1 Å². The fourth-order valence-corrected chi connectivity index (χ4v) is 3.05. The summed E-state index contributed by atoms with van der Waals surface area (Å²) in [6, 6.07) is 5.16. The van der Waals surface area contributed by atoms with E-state index in [1.54, 1.807) is 19.1 Å². The summed E-state index contributed by atoms with van der Waals surface area (Å²) in [5.41, 5.74) is -0.164. The van der Waals surface area contributed by atoms with Gasteiger partial charge < -0.3 is 10.4 Å². The number of amides is 1. The second-order valence-electron chi connectivity index (χ2n) is 5.57. The molecule has 0 saturated heterocycles. The molecular formula is C16H20FNO3. The highest BCUT2D eigenvalue weighted by Crippen LogP contribution is 2.41. The molecule has 1 fully saturated rings. The Balaban J connectivity index is 2.30. The molecule has 0 radical (unpaired) electrons. The molecule has 4 nitrogen and oxygen atoms in total. The molecule has 1 atom stereocenters. The summed E-state index contributed by atoms with van der Waals surface area (Å²) in [7, 11) is 0. The third-order valence-corrected chi connectivity index (χ3v) is 4.28. The van der Waals surface area contributed by atoms with Crippen molar-refractivity contribution in [1.29, 1.82) is 0 Å². The first-order valence-electron chi connectivity index (χ1n) is 7.29. The predicted molar refractivity (Wildman–Crippen MR) is 76.4 cm³/mol. The molecule has 1 aliphatic rings. The molecule has 2 N–H and O–H groups in total. The molecule has 0 aromatic heterocycles. The van der Waals surface area contributed by atoms with Crippen LogP contribution < -0.4 is 5.32 Å². The SMILES string of the molecule is CCC(NC(=O)C1(c2cccc(F)c2)CCCC1)C(=O)O. The third-order valence-electron chi connectivity index (χ3n) is 4.28. The fourth-order valence-electron chi connectivity index (χ4n) is 3.05. The zero-order valence-electron chi connectivity index (χ0n) is 12.1. The van der Waals surface area contributed by atoms with E-state index in [-0.39, 0.29) is 11.7 Å². The van der Waals surface area contributed by atoms with E-state index in [0.717, 1.165) is 12.8 Å². The average Bonchev–Trinajstić information content (AvgIpc) is 2.95. The number of benzene rings is 1. The lowest BCUT2D eigenvalue weighted by atomic mass is 9.77. The largest absolute Gasteiger partial charge is 0.480 e. The summed E-state index contributed by atoms with van der Waals surface area (Å²) >= 11 is 0. The summed E-state index contributed by atoms with van der Waals surface area (Å²) in [4.78, 5) is 23.8. The van der Waals surface area contributed by atoms with Crippen LogP contribution in [0.3, 0.4) is 0 Å². The predicted octanol–water partition coefficient (Wildman–Crippen LogP) is 2.62. The number of carbonyl (C=O) groups is 2. The van der Waals surface area contributed by atoms with Crippen LogP contribution in [0.4, 0.5) is 4.39 Å². The molecule has 1 saturated carbocycles. The summed E-state index contributed by atoms with van der Waals surface area (Å²) < 4.78 is 13.5. The van der Waals surface area contributed by atoms with E-state index in [9.17, 15) is 14.0 Å². The number of hydrogen-bond acceptors (Lipinski definition) is 2. The minimum atomic E-state index is -1.04. The normalized spacial score (nSPS) is 18.2. The number of carbonyl (C=O) groups excluding carboxylic acids is 1. The van der Waals surface area contributed by atoms with Crippen LogP contribution in [-0.2, 0) is 15.0 Å². The van der Waals surface area contributed by atoms with Gasteiger partial charge in [-0.1, -0.05) is 31.9 Å². The van der Waals surface area contributed by atoms with Crippen LogP contribution in [0, 0.1) is 5.82 Å². The molecule has 21 heavy (non-hydrogen) atoms. The van der Waals surface area contributed by atoms with Gasteiger partial charge in [0.25, 0.3) is 0 Å². The number of rotatable bonds is 5. The zero-order chi connectivity index (χ0) is 15.5. The van der Waals surface area contributed by atoms with Gasteiger partial charge >= 0.3 is 5.97 Å². The van der Waals surface area contributed by atoms with Crippen molar-refractivity contribution in [2.24, 2.45) is 0 Å². The van der Waals surface area contributed by atoms with Crippen molar-refractivity contribution in [3.05, 3.63) is 35.6 Å². The molecule has 1 unspecified atom stereocenters. The van der Waals surface area contributed by atoms with Gasteiger partial charge in [-0.3, -0.25) is 4.79 Å². The maximum atomic E-state index is 13.5. The van der Waals surface area contributed by atoms with Gasteiger partial charge in [-0.05, 0) is 37.0 Å². The minimum Gasteiger partial charge on any atom is -0.480 e. The second kappa shape index (κ2) is 6.24. The third kappa shape index (κ3) is 3.06. The van der Waals surface area contributed by atoms with Crippen molar-refractivity contribution in [3.63, 3.8) is 0 Å². The quantitative estimate of drug-likeness (QED) is 0.877. The highest BCUT2D eigenvalue weighted by atomic mass is 19.1. The Morgan fingerprint density at radius 3 is 2.57 bits per heavy atom. The molecule has 0 heterocycles. The van der Waals surface area contributed by atoms with Gasteiger partial charge in [0.1, 0.15) is 11.9 Å². The van der Waals surface area contributed by atoms with Gasteiger partial charge in [-0.2, -0.15) is 0 Å². The van der Waals surface area contributed by atoms with Crippen LogP contribution in [0.25, 0.3) is 0 Å². The molecule has 0 aliphatic heterocycles. The fraction of sp³-hybridized carbons (Fsp3) is 0.500. The van der Waals surface area contributed by atoms with Crippen LogP contribution in [0.5, 0.6) is 0 Å². The number of carboxylic acid groups (broad SMARTS) is 1. The van der Waals surface area contributed by atoms with Gasteiger partial charge in [0.05, 0.1) is 5.41 Å².